The number of hydrogen-bond acceptors (Lipinski definition) is 6. The Morgan fingerprint density at radius 3 is 2.60 bits per heavy atom. The number of fused-ring (bicyclic) bond motifs is 1. The number of nitrogens with one attached hydrogen (secondary N) is 2. The van der Waals surface area contributed by atoms with E-state index in [1.165, 1.54) is 0 Å². The number of oxazole rings is 1. The molecule has 1 aliphatic rings. The molecule has 8 heteroatoms. The third-order valence-electron chi connectivity index (χ3n) is 5.22. The molecule has 0 unspecified atom stereocenters. The number of nitrogens with zero attached hydrogens (tertiary/aromatic N) is 3. The lowest BCUT2D eigenvalue weighted by Gasteiger charge is -2.30. The average molecular weight is 403 g/mol. The van der Waals surface area contributed by atoms with Crippen LogP contribution in [0, 0.1) is 17.2 Å². The Labute approximate surface area is 173 Å². The van der Waals surface area contributed by atoms with Crippen molar-refractivity contribution in [2.45, 2.75) is 12.8 Å². The van der Waals surface area contributed by atoms with Gasteiger partial charge in [0, 0.05) is 19.6 Å². The number of carbonyl (C=O) groups is 2. The number of amides is 2. The van der Waals surface area contributed by atoms with Crippen LogP contribution in [0.1, 0.15) is 18.4 Å². The van der Waals surface area contributed by atoms with Crippen LogP contribution in [0.4, 0.5) is 11.7 Å². The molecule has 0 radical (unpaired) electrons. The fourth-order valence-electron chi connectivity index (χ4n) is 3.51. The molecule has 2 heterocycles. The van der Waals surface area contributed by atoms with Crippen molar-refractivity contribution in [3.63, 3.8) is 0 Å². The van der Waals surface area contributed by atoms with Gasteiger partial charge in [-0.3, -0.25) is 9.59 Å². The largest absolute Gasteiger partial charge is 0.423 e. The molecule has 0 atom stereocenters. The van der Waals surface area contributed by atoms with Gasteiger partial charge in [0.05, 0.1) is 11.3 Å². The van der Waals surface area contributed by atoms with Crippen molar-refractivity contribution in [3.8, 4) is 6.07 Å². The predicted octanol–water partition coefficient (Wildman–Crippen LogP) is 2.67. The van der Waals surface area contributed by atoms with Gasteiger partial charge in [-0.15, -0.1) is 0 Å². The first kappa shape index (κ1) is 19.5. The van der Waals surface area contributed by atoms with Gasteiger partial charge in [0.15, 0.2) is 5.58 Å². The van der Waals surface area contributed by atoms with Crippen molar-refractivity contribution in [3.05, 3.63) is 54.1 Å². The first-order valence-corrected chi connectivity index (χ1v) is 9.83. The molecular formula is C22H21N5O3. The van der Waals surface area contributed by atoms with E-state index >= 15 is 0 Å². The van der Waals surface area contributed by atoms with Crippen LogP contribution in [0.2, 0.25) is 0 Å². The van der Waals surface area contributed by atoms with Crippen molar-refractivity contribution in [2.75, 3.05) is 29.9 Å². The molecule has 2 N–H and O–H groups in total. The molecule has 3 aromatic rings. The Bertz CT molecular complexity index is 1080. The van der Waals surface area contributed by atoms with Gasteiger partial charge in [-0.2, -0.15) is 10.2 Å². The van der Waals surface area contributed by atoms with Crippen molar-refractivity contribution in [1.82, 2.24) is 10.3 Å². The van der Waals surface area contributed by atoms with E-state index in [-0.39, 0.29) is 5.92 Å². The average Bonchev–Trinajstić information content (AvgIpc) is 3.22. The molecule has 0 aliphatic carbocycles. The number of carbonyl (C=O) groups excluding carboxylic acids is 2. The normalized spacial score (nSPS) is 14.3. The Morgan fingerprint density at radius 1 is 1.10 bits per heavy atom. The fourth-order valence-corrected chi connectivity index (χ4v) is 3.51. The number of nitriles is 1. The minimum absolute atomic E-state index is 0.272. The van der Waals surface area contributed by atoms with E-state index in [0.29, 0.717) is 23.8 Å². The molecule has 1 fully saturated rings. The maximum Gasteiger partial charge on any atom is 0.313 e. The van der Waals surface area contributed by atoms with Gasteiger partial charge in [-0.1, -0.05) is 24.3 Å². The zero-order valence-electron chi connectivity index (χ0n) is 16.3. The van der Waals surface area contributed by atoms with Crippen LogP contribution in [0.3, 0.4) is 0 Å². The first-order chi connectivity index (χ1) is 14.6. The summed E-state index contributed by atoms with van der Waals surface area (Å²) in [5, 5.41) is 14.3. The van der Waals surface area contributed by atoms with Gasteiger partial charge >= 0.3 is 11.8 Å². The van der Waals surface area contributed by atoms with E-state index < -0.39 is 11.8 Å². The highest BCUT2D eigenvalue weighted by atomic mass is 16.4. The number of hydrogen-bond donors (Lipinski definition) is 2. The van der Waals surface area contributed by atoms with E-state index in [4.69, 9.17) is 9.68 Å². The first-order valence-electron chi connectivity index (χ1n) is 9.83. The van der Waals surface area contributed by atoms with Gasteiger partial charge < -0.3 is 20.0 Å². The van der Waals surface area contributed by atoms with E-state index in [9.17, 15) is 9.59 Å². The van der Waals surface area contributed by atoms with Crippen molar-refractivity contribution in [2.24, 2.45) is 5.92 Å². The van der Waals surface area contributed by atoms with E-state index in [0.717, 1.165) is 37.0 Å². The zero-order valence-corrected chi connectivity index (χ0v) is 16.3. The summed E-state index contributed by atoms with van der Waals surface area (Å²) in [6.45, 7) is 1.97. The van der Waals surface area contributed by atoms with Crippen LogP contribution in [0.5, 0.6) is 0 Å². The summed E-state index contributed by atoms with van der Waals surface area (Å²) in [5.74, 6) is -1.21. The third kappa shape index (κ3) is 4.25. The SMILES string of the molecule is N#Cc1ccccc1NC(=O)C(=O)NCC1CCN(c2nc3ccccc3o2)CC1. The Balaban J connectivity index is 1.25. The maximum atomic E-state index is 12.1. The summed E-state index contributed by atoms with van der Waals surface area (Å²) in [6.07, 6.45) is 1.72. The maximum absolute atomic E-state index is 12.1. The molecule has 30 heavy (non-hydrogen) atoms. The molecule has 8 nitrogen and oxygen atoms in total. The summed E-state index contributed by atoms with van der Waals surface area (Å²) >= 11 is 0. The Kier molecular flexibility index (Phi) is 5.61. The van der Waals surface area contributed by atoms with Crippen LogP contribution in [0.15, 0.2) is 52.9 Å². The Hall–Kier alpha value is -3.86. The smallest absolute Gasteiger partial charge is 0.313 e. The monoisotopic (exact) mass is 403 g/mol. The number of piperidine rings is 1. The van der Waals surface area contributed by atoms with E-state index in [2.05, 4.69) is 20.5 Å². The zero-order chi connectivity index (χ0) is 20.9. The molecule has 4 rings (SSSR count). The van der Waals surface area contributed by atoms with Crippen LogP contribution in [-0.4, -0.2) is 36.4 Å². The predicted molar refractivity (Wildman–Crippen MR) is 112 cm³/mol. The second-order valence-corrected chi connectivity index (χ2v) is 7.22. The number of aromatic nitrogens is 1. The van der Waals surface area contributed by atoms with Crippen molar-refractivity contribution < 1.29 is 14.0 Å². The van der Waals surface area contributed by atoms with Gasteiger partial charge in [-0.05, 0) is 43.0 Å². The summed E-state index contributed by atoms with van der Waals surface area (Å²) in [7, 11) is 0. The molecule has 1 saturated heterocycles. The van der Waals surface area contributed by atoms with E-state index in [1.807, 2.05) is 30.3 Å². The van der Waals surface area contributed by atoms with E-state index in [1.54, 1.807) is 24.3 Å². The van der Waals surface area contributed by atoms with Gasteiger partial charge in [-0.25, -0.2) is 0 Å². The summed E-state index contributed by atoms with van der Waals surface area (Å²) in [5.41, 5.74) is 2.24. The molecule has 0 spiro atoms. The highest BCUT2D eigenvalue weighted by molar-refractivity contribution is 6.39. The molecule has 1 aliphatic heterocycles. The summed E-state index contributed by atoms with van der Waals surface area (Å²) < 4.78 is 5.82. The minimum atomic E-state index is -0.776. The number of rotatable bonds is 4. The highest BCUT2D eigenvalue weighted by Gasteiger charge is 2.24. The molecule has 2 amide bonds. The standard InChI is InChI=1S/C22H21N5O3/c23-13-16-5-1-2-6-17(16)25-21(29)20(28)24-14-15-9-11-27(12-10-15)22-26-18-7-3-4-8-19(18)30-22/h1-8,15H,9-12,14H2,(H,24,28)(H,25,29). The topological polar surface area (TPSA) is 111 Å². The summed E-state index contributed by atoms with van der Waals surface area (Å²) in [4.78, 5) is 30.9. The molecule has 152 valence electrons. The molecule has 1 aromatic heterocycles. The number of benzene rings is 2. The van der Waals surface area contributed by atoms with Crippen molar-refractivity contribution >= 4 is 34.6 Å². The minimum Gasteiger partial charge on any atom is -0.423 e. The van der Waals surface area contributed by atoms with Gasteiger partial charge in [0.25, 0.3) is 6.01 Å². The molecule has 0 saturated carbocycles. The van der Waals surface area contributed by atoms with Gasteiger partial charge in [0.2, 0.25) is 0 Å². The van der Waals surface area contributed by atoms with Crippen LogP contribution in [0.25, 0.3) is 11.1 Å². The van der Waals surface area contributed by atoms with Crippen LogP contribution in [-0.2, 0) is 9.59 Å². The second kappa shape index (κ2) is 8.66. The lowest BCUT2D eigenvalue weighted by Crippen LogP contribution is -2.42. The second-order valence-electron chi connectivity index (χ2n) is 7.22. The lowest BCUT2D eigenvalue weighted by atomic mass is 9.97. The highest BCUT2D eigenvalue weighted by Crippen LogP contribution is 2.26. The third-order valence-corrected chi connectivity index (χ3v) is 5.22. The van der Waals surface area contributed by atoms with Crippen LogP contribution >= 0.6 is 0 Å². The lowest BCUT2D eigenvalue weighted by molar-refractivity contribution is -0.136. The Morgan fingerprint density at radius 2 is 1.83 bits per heavy atom. The molecule has 2 aromatic carbocycles. The van der Waals surface area contributed by atoms with Crippen molar-refractivity contribution in [1.29, 1.82) is 5.26 Å². The summed E-state index contributed by atoms with van der Waals surface area (Å²) in [6, 6.07) is 16.8. The molecule has 0 bridgehead atoms. The number of para-hydroxylation sites is 3. The number of anilines is 2. The molecular weight excluding hydrogens is 382 g/mol. The van der Waals surface area contributed by atoms with Gasteiger partial charge in [0.1, 0.15) is 11.6 Å². The quantitative estimate of drug-likeness (QED) is 0.648. The fraction of sp³-hybridized carbons (Fsp3) is 0.273. The van der Waals surface area contributed by atoms with Crippen LogP contribution < -0.4 is 15.5 Å².